The molecule has 1 aromatic carbocycles. The summed E-state index contributed by atoms with van der Waals surface area (Å²) in [6.45, 7) is 5.45. The number of nitrogens with zero attached hydrogens (tertiary/aromatic N) is 1. The van der Waals surface area contributed by atoms with Crippen molar-refractivity contribution in [3.63, 3.8) is 0 Å². The summed E-state index contributed by atoms with van der Waals surface area (Å²) in [4.78, 5) is 10.2. The first kappa shape index (κ1) is 16.6. The highest BCUT2D eigenvalue weighted by Crippen LogP contribution is 2.23. The number of halogens is 1. The summed E-state index contributed by atoms with van der Waals surface area (Å²) < 4.78 is 39.6. The number of benzene rings is 1. The molecule has 0 radical (unpaired) electrons. The Morgan fingerprint density at radius 1 is 1.30 bits per heavy atom. The maximum atomic E-state index is 13.9. The van der Waals surface area contributed by atoms with Gasteiger partial charge in [-0.25, -0.2) is 17.6 Å². The molecular formula is C13H18FNO4S. The van der Waals surface area contributed by atoms with Crippen molar-refractivity contribution < 1.29 is 22.7 Å². The molecule has 0 saturated heterocycles. The van der Waals surface area contributed by atoms with Crippen molar-refractivity contribution in [2.75, 3.05) is 7.05 Å². The molecule has 0 aliphatic heterocycles. The van der Waals surface area contributed by atoms with Gasteiger partial charge in [-0.2, -0.15) is 4.31 Å². The fourth-order valence-corrected chi connectivity index (χ4v) is 3.17. The van der Waals surface area contributed by atoms with Crippen LogP contribution in [-0.2, 0) is 10.0 Å². The maximum Gasteiger partial charge on any atom is 0.335 e. The summed E-state index contributed by atoms with van der Waals surface area (Å²) in [6.07, 6.45) is 0. The number of carbonyl (C=O) groups is 1. The Bertz CT molecular complexity index is 613. The molecular weight excluding hydrogens is 285 g/mol. The first-order chi connectivity index (χ1) is 9.09. The van der Waals surface area contributed by atoms with Gasteiger partial charge in [-0.05, 0) is 31.0 Å². The van der Waals surface area contributed by atoms with Crippen molar-refractivity contribution in [1.82, 2.24) is 4.31 Å². The molecule has 0 spiro atoms. The van der Waals surface area contributed by atoms with Gasteiger partial charge >= 0.3 is 5.97 Å². The minimum absolute atomic E-state index is 0.0659. The van der Waals surface area contributed by atoms with Crippen molar-refractivity contribution in [3.05, 3.63) is 29.6 Å². The van der Waals surface area contributed by atoms with Gasteiger partial charge in [0.1, 0.15) is 10.7 Å². The average molecular weight is 303 g/mol. The van der Waals surface area contributed by atoms with Crippen molar-refractivity contribution in [2.24, 2.45) is 5.92 Å². The molecule has 0 saturated carbocycles. The number of hydrogen-bond acceptors (Lipinski definition) is 3. The highest BCUT2D eigenvalue weighted by molar-refractivity contribution is 7.89. The third-order valence-corrected chi connectivity index (χ3v) is 5.35. The molecule has 1 N–H and O–H groups in total. The second-order valence-corrected chi connectivity index (χ2v) is 6.92. The molecule has 1 aromatic rings. The van der Waals surface area contributed by atoms with Gasteiger partial charge < -0.3 is 5.11 Å². The van der Waals surface area contributed by atoms with Crippen LogP contribution in [0.25, 0.3) is 0 Å². The van der Waals surface area contributed by atoms with Crippen molar-refractivity contribution in [3.8, 4) is 0 Å². The Labute approximate surface area is 118 Å². The lowest BCUT2D eigenvalue weighted by Crippen LogP contribution is -2.38. The Morgan fingerprint density at radius 3 is 2.25 bits per heavy atom. The molecule has 7 heteroatoms. The number of carboxylic acids is 1. The summed E-state index contributed by atoms with van der Waals surface area (Å²) in [7, 11) is -2.61. The Kier molecular flexibility index (Phi) is 4.88. The van der Waals surface area contributed by atoms with Gasteiger partial charge in [0, 0.05) is 13.1 Å². The number of aromatic carboxylic acids is 1. The molecule has 1 unspecified atom stereocenters. The van der Waals surface area contributed by atoms with Gasteiger partial charge in [0.15, 0.2) is 0 Å². The SMILES string of the molecule is CC(C)C(C)N(C)S(=O)(=O)c1ccc(C(=O)O)cc1F. The van der Waals surface area contributed by atoms with Crippen LogP contribution in [0.3, 0.4) is 0 Å². The quantitative estimate of drug-likeness (QED) is 0.904. The molecule has 0 amide bonds. The average Bonchev–Trinajstić information content (AvgIpc) is 2.36. The highest BCUT2D eigenvalue weighted by atomic mass is 32.2. The second kappa shape index (κ2) is 5.88. The standard InChI is InChI=1S/C13H18FNO4S/c1-8(2)9(3)15(4)20(18,19)12-6-5-10(13(16)17)7-11(12)14/h5-9H,1-4H3,(H,16,17). The first-order valence-electron chi connectivity index (χ1n) is 6.10. The zero-order chi connectivity index (χ0) is 15.7. The molecule has 20 heavy (non-hydrogen) atoms. The van der Waals surface area contributed by atoms with E-state index in [2.05, 4.69) is 0 Å². The van der Waals surface area contributed by atoms with Crippen LogP contribution in [-0.4, -0.2) is 36.9 Å². The van der Waals surface area contributed by atoms with E-state index in [0.717, 1.165) is 16.4 Å². The van der Waals surface area contributed by atoms with Gasteiger partial charge in [-0.15, -0.1) is 0 Å². The minimum atomic E-state index is -3.99. The van der Waals surface area contributed by atoms with Crippen LogP contribution in [0, 0.1) is 11.7 Å². The van der Waals surface area contributed by atoms with Crippen LogP contribution in [0.5, 0.6) is 0 Å². The molecule has 0 aliphatic carbocycles. The molecule has 0 aromatic heterocycles. The summed E-state index contributed by atoms with van der Waals surface area (Å²) in [5.41, 5.74) is -0.291. The van der Waals surface area contributed by atoms with Crippen LogP contribution in [0.15, 0.2) is 23.1 Å². The van der Waals surface area contributed by atoms with Gasteiger partial charge in [0.05, 0.1) is 5.56 Å². The number of sulfonamides is 1. The highest BCUT2D eigenvalue weighted by Gasteiger charge is 2.29. The van der Waals surface area contributed by atoms with Crippen molar-refractivity contribution in [1.29, 1.82) is 0 Å². The van der Waals surface area contributed by atoms with Crippen LogP contribution >= 0.6 is 0 Å². The monoisotopic (exact) mass is 303 g/mol. The third kappa shape index (κ3) is 3.16. The van der Waals surface area contributed by atoms with E-state index in [1.165, 1.54) is 7.05 Å². The summed E-state index contributed by atoms with van der Waals surface area (Å²) in [5.74, 6) is -2.31. The predicted molar refractivity (Wildman–Crippen MR) is 72.6 cm³/mol. The maximum absolute atomic E-state index is 13.9. The zero-order valence-corrected chi connectivity index (χ0v) is 12.6. The largest absolute Gasteiger partial charge is 0.478 e. The van der Waals surface area contributed by atoms with Crippen LogP contribution < -0.4 is 0 Å². The topological polar surface area (TPSA) is 74.7 Å². The summed E-state index contributed by atoms with van der Waals surface area (Å²) >= 11 is 0. The Balaban J connectivity index is 3.26. The smallest absolute Gasteiger partial charge is 0.335 e. The van der Waals surface area contributed by atoms with Gasteiger partial charge in [-0.1, -0.05) is 13.8 Å². The molecule has 112 valence electrons. The minimum Gasteiger partial charge on any atom is -0.478 e. The fourth-order valence-electron chi connectivity index (χ4n) is 1.64. The number of hydrogen-bond donors (Lipinski definition) is 1. The normalized spacial score (nSPS) is 13.8. The lowest BCUT2D eigenvalue weighted by Gasteiger charge is -2.27. The van der Waals surface area contributed by atoms with Crippen molar-refractivity contribution >= 4 is 16.0 Å². The van der Waals surface area contributed by atoms with Gasteiger partial charge in [0.25, 0.3) is 0 Å². The van der Waals surface area contributed by atoms with E-state index in [1.807, 2.05) is 13.8 Å². The number of rotatable bonds is 5. The van der Waals surface area contributed by atoms with Gasteiger partial charge in [0.2, 0.25) is 10.0 Å². The predicted octanol–water partition coefficient (Wildman–Crippen LogP) is 2.19. The molecule has 0 aliphatic rings. The van der Waals surface area contributed by atoms with Crippen molar-refractivity contribution in [2.45, 2.75) is 31.7 Å². The molecule has 0 fully saturated rings. The number of carboxylic acid groups (broad SMARTS) is 1. The van der Waals surface area contributed by atoms with Crippen LogP contribution in [0.2, 0.25) is 0 Å². The lowest BCUT2D eigenvalue weighted by molar-refractivity contribution is 0.0696. The molecule has 1 rings (SSSR count). The van der Waals surface area contributed by atoms with E-state index in [0.29, 0.717) is 6.07 Å². The van der Waals surface area contributed by atoms with E-state index < -0.39 is 26.7 Å². The summed E-state index contributed by atoms with van der Waals surface area (Å²) in [5, 5.41) is 8.75. The van der Waals surface area contributed by atoms with E-state index in [9.17, 15) is 17.6 Å². The van der Waals surface area contributed by atoms with Gasteiger partial charge in [-0.3, -0.25) is 0 Å². The van der Waals surface area contributed by atoms with E-state index >= 15 is 0 Å². The second-order valence-electron chi connectivity index (χ2n) is 4.96. The molecule has 0 heterocycles. The van der Waals surface area contributed by atoms with E-state index in [4.69, 9.17) is 5.11 Å². The lowest BCUT2D eigenvalue weighted by atomic mass is 10.1. The summed E-state index contributed by atoms with van der Waals surface area (Å²) in [6, 6.07) is 2.46. The third-order valence-electron chi connectivity index (χ3n) is 3.37. The zero-order valence-electron chi connectivity index (χ0n) is 11.8. The van der Waals surface area contributed by atoms with Crippen LogP contribution in [0.1, 0.15) is 31.1 Å². The molecule has 5 nitrogen and oxygen atoms in total. The van der Waals surface area contributed by atoms with E-state index in [-0.39, 0.29) is 17.5 Å². The first-order valence-corrected chi connectivity index (χ1v) is 7.54. The fraction of sp³-hybridized carbons (Fsp3) is 0.462. The molecule has 0 bridgehead atoms. The Morgan fingerprint density at radius 2 is 1.85 bits per heavy atom. The van der Waals surface area contributed by atoms with Crippen LogP contribution in [0.4, 0.5) is 4.39 Å². The van der Waals surface area contributed by atoms with E-state index in [1.54, 1.807) is 6.92 Å². The molecule has 1 atom stereocenters. The Hall–Kier alpha value is -1.47.